The van der Waals surface area contributed by atoms with Gasteiger partial charge in [0.05, 0.1) is 5.56 Å². The standard InChI is InChI=1S/C11H13N3O3/c1-12-11(17)14-3-2-8-7(6-14)4-13-5-9(8)10(15)16/h4-5H,2-3,6H2,1H3,(H,12,17)(H,15,16). The van der Waals surface area contributed by atoms with Crippen LogP contribution in [0.3, 0.4) is 0 Å². The molecule has 0 saturated carbocycles. The monoisotopic (exact) mass is 235 g/mol. The Hall–Kier alpha value is -2.11. The summed E-state index contributed by atoms with van der Waals surface area (Å²) in [7, 11) is 1.57. The SMILES string of the molecule is CNC(=O)N1CCc2c(cncc2C(=O)O)C1. The number of carbonyl (C=O) groups excluding carboxylic acids is 1. The topological polar surface area (TPSA) is 82.5 Å². The first kappa shape index (κ1) is 11.4. The highest BCUT2D eigenvalue weighted by Gasteiger charge is 2.23. The molecule has 17 heavy (non-hydrogen) atoms. The number of hydrogen-bond acceptors (Lipinski definition) is 3. The van der Waals surface area contributed by atoms with Gasteiger partial charge in [-0.2, -0.15) is 0 Å². The van der Waals surface area contributed by atoms with Crippen LogP contribution in [0.5, 0.6) is 0 Å². The van der Waals surface area contributed by atoms with Gasteiger partial charge in [0.25, 0.3) is 0 Å². The quantitative estimate of drug-likeness (QED) is 0.741. The molecule has 2 amide bonds. The van der Waals surface area contributed by atoms with Crippen molar-refractivity contribution in [3.63, 3.8) is 0 Å². The Morgan fingerprint density at radius 1 is 1.47 bits per heavy atom. The summed E-state index contributed by atoms with van der Waals surface area (Å²) >= 11 is 0. The molecule has 2 N–H and O–H groups in total. The van der Waals surface area contributed by atoms with Gasteiger partial charge in [-0.3, -0.25) is 4.98 Å². The van der Waals surface area contributed by atoms with Crippen molar-refractivity contribution in [1.82, 2.24) is 15.2 Å². The van der Waals surface area contributed by atoms with Crippen molar-refractivity contribution in [2.75, 3.05) is 13.6 Å². The lowest BCUT2D eigenvalue weighted by molar-refractivity contribution is 0.0694. The van der Waals surface area contributed by atoms with Crippen molar-refractivity contribution in [3.05, 3.63) is 29.1 Å². The minimum Gasteiger partial charge on any atom is -0.478 e. The minimum absolute atomic E-state index is 0.156. The molecule has 1 aromatic heterocycles. The van der Waals surface area contributed by atoms with Crippen LogP contribution in [0.15, 0.2) is 12.4 Å². The summed E-state index contributed by atoms with van der Waals surface area (Å²) in [5.41, 5.74) is 1.83. The van der Waals surface area contributed by atoms with Crippen molar-refractivity contribution in [3.8, 4) is 0 Å². The molecular weight excluding hydrogens is 222 g/mol. The molecule has 0 aliphatic carbocycles. The maximum Gasteiger partial charge on any atom is 0.337 e. The predicted octanol–water partition coefficient (Wildman–Crippen LogP) is 0.477. The summed E-state index contributed by atoms with van der Waals surface area (Å²) in [6.07, 6.45) is 3.53. The number of pyridine rings is 1. The van der Waals surface area contributed by atoms with Crippen LogP contribution in [-0.4, -0.2) is 40.6 Å². The number of carboxylic acid groups (broad SMARTS) is 1. The number of urea groups is 1. The summed E-state index contributed by atoms with van der Waals surface area (Å²) in [6, 6.07) is -0.156. The minimum atomic E-state index is -0.970. The van der Waals surface area contributed by atoms with Crippen molar-refractivity contribution in [2.24, 2.45) is 0 Å². The molecular formula is C11H13N3O3. The fourth-order valence-corrected chi connectivity index (χ4v) is 2.01. The number of rotatable bonds is 1. The van der Waals surface area contributed by atoms with Crippen LogP contribution in [0.4, 0.5) is 4.79 Å². The maximum absolute atomic E-state index is 11.5. The van der Waals surface area contributed by atoms with Gasteiger partial charge < -0.3 is 15.3 Å². The van der Waals surface area contributed by atoms with Crippen LogP contribution in [0.25, 0.3) is 0 Å². The van der Waals surface area contributed by atoms with E-state index in [-0.39, 0.29) is 11.6 Å². The second kappa shape index (κ2) is 4.40. The number of amides is 2. The molecule has 1 aromatic rings. The molecule has 1 aliphatic heterocycles. The first-order valence-corrected chi connectivity index (χ1v) is 5.29. The lowest BCUT2D eigenvalue weighted by Crippen LogP contribution is -2.41. The number of aromatic carboxylic acids is 1. The molecule has 6 heteroatoms. The van der Waals surface area contributed by atoms with Gasteiger partial charge in [0.15, 0.2) is 0 Å². The average Bonchev–Trinajstić information content (AvgIpc) is 2.36. The zero-order valence-corrected chi connectivity index (χ0v) is 9.43. The molecule has 2 rings (SSSR count). The fraction of sp³-hybridized carbons (Fsp3) is 0.364. The van der Waals surface area contributed by atoms with E-state index >= 15 is 0 Å². The Bertz CT molecular complexity index is 473. The van der Waals surface area contributed by atoms with Crippen molar-refractivity contribution >= 4 is 12.0 Å². The highest BCUT2D eigenvalue weighted by atomic mass is 16.4. The fourth-order valence-electron chi connectivity index (χ4n) is 2.01. The first-order valence-electron chi connectivity index (χ1n) is 5.29. The van der Waals surface area contributed by atoms with Crippen molar-refractivity contribution in [2.45, 2.75) is 13.0 Å². The highest BCUT2D eigenvalue weighted by molar-refractivity contribution is 5.89. The Kier molecular flexibility index (Phi) is 2.95. The zero-order chi connectivity index (χ0) is 12.4. The van der Waals surface area contributed by atoms with E-state index in [9.17, 15) is 9.59 Å². The Morgan fingerprint density at radius 3 is 2.88 bits per heavy atom. The number of aromatic nitrogens is 1. The molecule has 0 atom stereocenters. The summed E-state index contributed by atoms with van der Waals surface area (Å²) in [5, 5.41) is 11.6. The van der Waals surface area contributed by atoms with Crippen molar-refractivity contribution < 1.29 is 14.7 Å². The smallest absolute Gasteiger partial charge is 0.337 e. The van der Waals surface area contributed by atoms with Crippen LogP contribution < -0.4 is 5.32 Å². The van der Waals surface area contributed by atoms with E-state index in [2.05, 4.69) is 10.3 Å². The van der Waals surface area contributed by atoms with Crippen LogP contribution in [0.2, 0.25) is 0 Å². The van der Waals surface area contributed by atoms with E-state index in [1.165, 1.54) is 6.20 Å². The third kappa shape index (κ3) is 2.06. The van der Waals surface area contributed by atoms with Crippen LogP contribution >= 0.6 is 0 Å². The van der Waals surface area contributed by atoms with Gasteiger partial charge in [0, 0.05) is 32.5 Å². The molecule has 90 valence electrons. The second-order valence-corrected chi connectivity index (χ2v) is 3.86. The van der Waals surface area contributed by atoms with Gasteiger partial charge in [0.1, 0.15) is 0 Å². The molecule has 2 heterocycles. The first-order chi connectivity index (χ1) is 8.13. The van der Waals surface area contributed by atoms with Crippen molar-refractivity contribution in [1.29, 1.82) is 0 Å². The summed E-state index contributed by atoms with van der Waals surface area (Å²) in [6.45, 7) is 0.931. The lowest BCUT2D eigenvalue weighted by Gasteiger charge is -2.28. The molecule has 0 radical (unpaired) electrons. The number of hydrogen-bond donors (Lipinski definition) is 2. The summed E-state index contributed by atoms with van der Waals surface area (Å²) in [4.78, 5) is 28.0. The third-order valence-electron chi connectivity index (χ3n) is 2.87. The number of fused-ring (bicyclic) bond motifs is 1. The molecule has 0 aromatic carbocycles. The van der Waals surface area contributed by atoms with Crippen LogP contribution in [-0.2, 0) is 13.0 Å². The van der Waals surface area contributed by atoms with E-state index in [4.69, 9.17) is 5.11 Å². The number of carboxylic acids is 1. The Labute approximate surface area is 98.3 Å². The largest absolute Gasteiger partial charge is 0.478 e. The third-order valence-corrected chi connectivity index (χ3v) is 2.87. The molecule has 0 unspecified atom stereocenters. The molecule has 0 saturated heterocycles. The molecule has 0 bridgehead atoms. The van der Waals surface area contributed by atoms with Gasteiger partial charge >= 0.3 is 12.0 Å². The van der Waals surface area contributed by atoms with Crippen LogP contribution in [0, 0.1) is 0 Å². The average molecular weight is 235 g/mol. The number of nitrogens with zero attached hydrogens (tertiary/aromatic N) is 2. The summed E-state index contributed by atoms with van der Waals surface area (Å²) < 4.78 is 0. The molecule has 1 aliphatic rings. The summed E-state index contributed by atoms with van der Waals surface area (Å²) in [5.74, 6) is -0.970. The lowest BCUT2D eigenvalue weighted by atomic mass is 9.97. The second-order valence-electron chi connectivity index (χ2n) is 3.86. The van der Waals surface area contributed by atoms with E-state index in [0.29, 0.717) is 19.5 Å². The Balaban J connectivity index is 2.31. The van der Waals surface area contributed by atoms with E-state index < -0.39 is 5.97 Å². The number of nitrogens with one attached hydrogen (secondary N) is 1. The molecule has 0 fully saturated rings. The van der Waals surface area contributed by atoms with Gasteiger partial charge in [-0.1, -0.05) is 0 Å². The Morgan fingerprint density at radius 2 is 2.24 bits per heavy atom. The normalized spacial score (nSPS) is 14.1. The predicted molar refractivity (Wildman–Crippen MR) is 59.8 cm³/mol. The highest BCUT2D eigenvalue weighted by Crippen LogP contribution is 2.21. The number of carbonyl (C=O) groups is 2. The zero-order valence-electron chi connectivity index (χ0n) is 9.43. The van der Waals surface area contributed by atoms with E-state index in [0.717, 1.165) is 11.1 Å². The van der Waals surface area contributed by atoms with E-state index in [1.807, 2.05) is 0 Å². The van der Waals surface area contributed by atoms with Gasteiger partial charge in [-0.25, -0.2) is 9.59 Å². The van der Waals surface area contributed by atoms with Gasteiger partial charge in [-0.05, 0) is 17.5 Å². The van der Waals surface area contributed by atoms with E-state index in [1.54, 1.807) is 18.1 Å². The van der Waals surface area contributed by atoms with Crippen LogP contribution in [0.1, 0.15) is 21.5 Å². The molecule has 0 spiro atoms. The van der Waals surface area contributed by atoms with Gasteiger partial charge in [-0.15, -0.1) is 0 Å². The van der Waals surface area contributed by atoms with Gasteiger partial charge in [0.2, 0.25) is 0 Å². The maximum atomic E-state index is 11.5. The molecule has 6 nitrogen and oxygen atoms in total.